The number of rotatable bonds is 1. The minimum absolute atomic E-state index is 0.274. The number of azo groups is 1. The Bertz CT molecular complexity index is 78.5. The van der Waals surface area contributed by atoms with E-state index in [2.05, 4.69) is 21.6 Å². The summed E-state index contributed by atoms with van der Waals surface area (Å²) in [6.07, 6.45) is 0. The molecule has 0 aromatic heterocycles. The SMILES string of the molecule is C#[N+]CN=NC. The van der Waals surface area contributed by atoms with E-state index in [0.29, 0.717) is 0 Å². The molecule has 3 nitrogen and oxygen atoms in total. The third kappa shape index (κ3) is 3.09. The van der Waals surface area contributed by atoms with E-state index >= 15 is 0 Å². The molecule has 0 atom stereocenters. The first-order valence-corrected chi connectivity index (χ1v) is 1.54. The Morgan fingerprint density at radius 2 is 2.50 bits per heavy atom. The predicted octanol–water partition coefficient (Wildman–Crippen LogP) is 0.989. The van der Waals surface area contributed by atoms with Crippen LogP contribution in [-0.4, -0.2) is 13.7 Å². The summed E-state index contributed by atoms with van der Waals surface area (Å²) in [7, 11) is 1.57. The van der Waals surface area contributed by atoms with Crippen LogP contribution < -0.4 is 0 Å². The van der Waals surface area contributed by atoms with Crippen LogP contribution in [0, 0.1) is 6.57 Å². The van der Waals surface area contributed by atoms with Gasteiger partial charge in [-0.15, -0.1) is 5.11 Å². The lowest BCUT2D eigenvalue weighted by atomic mass is 11.2. The molecular weight excluding hydrogens is 78.1 g/mol. The molecular formula is C3H6N3+. The minimum Gasteiger partial charge on any atom is -0.190 e. The van der Waals surface area contributed by atoms with Crippen molar-refractivity contribution in [3.8, 4) is 6.57 Å². The Morgan fingerprint density at radius 1 is 1.83 bits per heavy atom. The summed E-state index contributed by atoms with van der Waals surface area (Å²) in [6, 6.07) is 0. The molecule has 0 saturated heterocycles. The summed E-state index contributed by atoms with van der Waals surface area (Å²) in [5, 5.41) is 6.80. The van der Waals surface area contributed by atoms with Gasteiger partial charge in [0.15, 0.2) is 0 Å². The van der Waals surface area contributed by atoms with Gasteiger partial charge in [0.2, 0.25) is 0 Å². The number of hydrogen-bond acceptors (Lipinski definition) is 2. The Labute approximate surface area is 36.5 Å². The molecule has 0 radical (unpaired) electrons. The molecule has 32 valence electrons. The monoisotopic (exact) mass is 84.1 g/mol. The first kappa shape index (κ1) is 5.09. The average Bonchev–Trinajstić information content (AvgIpc) is 1.61. The van der Waals surface area contributed by atoms with Crippen molar-refractivity contribution in [3.05, 3.63) is 4.85 Å². The van der Waals surface area contributed by atoms with Crippen LogP contribution in [0.3, 0.4) is 0 Å². The molecule has 0 bridgehead atoms. The molecule has 0 aliphatic rings. The third-order valence-electron chi connectivity index (χ3n) is 0.286. The maximum absolute atomic E-state index is 4.69. The number of hydrogen-bond donors (Lipinski definition) is 0. The van der Waals surface area contributed by atoms with Gasteiger partial charge in [-0.2, -0.15) is 5.11 Å². The molecule has 0 spiro atoms. The summed E-state index contributed by atoms with van der Waals surface area (Å²) < 4.78 is 0. The van der Waals surface area contributed by atoms with E-state index < -0.39 is 0 Å². The lowest BCUT2D eigenvalue weighted by Gasteiger charge is -1.58. The fourth-order valence-electron chi connectivity index (χ4n) is 0.0998. The second kappa shape index (κ2) is 4.09. The van der Waals surface area contributed by atoms with Crippen LogP contribution in [0.5, 0.6) is 0 Å². The van der Waals surface area contributed by atoms with E-state index in [1.807, 2.05) is 0 Å². The predicted molar refractivity (Wildman–Crippen MR) is 24.0 cm³/mol. The fourth-order valence-corrected chi connectivity index (χ4v) is 0.0998. The van der Waals surface area contributed by atoms with Gasteiger partial charge in [-0.3, -0.25) is 0 Å². The largest absolute Gasteiger partial charge is 0.371 e. The molecule has 0 fully saturated rings. The van der Waals surface area contributed by atoms with Gasteiger partial charge in [0.05, 0.1) is 0 Å². The normalized spacial score (nSPS) is 8.67. The van der Waals surface area contributed by atoms with Crippen LogP contribution >= 0.6 is 0 Å². The van der Waals surface area contributed by atoms with E-state index in [9.17, 15) is 0 Å². The molecule has 3 heteroatoms. The lowest BCUT2D eigenvalue weighted by molar-refractivity contribution is 1.03. The van der Waals surface area contributed by atoms with Gasteiger partial charge in [-0.25, -0.2) is 0 Å². The highest BCUT2D eigenvalue weighted by Gasteiger charge is 1.72. The lowest BCUT2D eigenvalue weighted by Crippen LogP contribution is -1.58. The molecule has 6 heavy (non-hydrogen) atoms. The van der Waals surface area contributed by atoms with Gasteiger partial charge >= 0.3 is 6.67 Å². The van der Waals surface area contributed by atoms with E-state index in [1.165, 1.54) is 0 Å². The Kier molecular flexibility index (Phi) is 3.47. The van der Waals surface area contributed by atoms with E-state index in [1.54, 1.807) is 7.05 Å². The second-order valence-corrected chi connectivity index (χ2v) is 0.665. The van der Waals surface area contributed by atoms with Crippen LogP contribution in [0.15, 0.2) is 10.2 Å². The quantitative estimate of drug-likeness (QED) is 0.424. The van der Waals surface area contributed by atoms with Crippen molar-refractivity contribution in [2.45, 2.75) is 0 Å². The Hall–Kier alpha value is -0.910. The van der Waals surface area contributed by atoms with Crippen molar-refractivity contribution in [1.82, 2.24) is 0 Å². The smallest absolute Gasteiger partial charge is 0.190 e. The van der Waals surface area contributed by atoms with Gasteiger partial charge in [0.25, 0.3) is 6.57 Å². The zero-order chi connectivity index (χ0) is 4.83. The van der Waals surface area contributed by atoms with Crippen molar-refractivity contribution in [2.24, 2.45) is 10.2 Å². The highest BCUT2D eigenvalue weighted by molar-refractivity contribution is 4.60. The minimum atomic E-state index is 0.274. The maximum atomic E-state index is 4.69. The van der Waals surface area contributed by atoms with Gasteiger partial charge in [-0.05, 0) is 0 Å². The summed E-state index contributed by atoms with van der Waals surface area (Å²) in [4.78, 5) is 3.16. The van der Waals surface area contributed by atoms with Crippen LogP contribution in [0.4, 0.5) is 0 Å². The highest BCUT2D eigenvalue weighted by Crippen LogP contribution is 1.68. The van der Waals surface area contributed by atoms with Gasteiger partial charge in [-0.1, -0.05) is 4.85 Å². The first-order valence-electron chi connectivity index (χ1n) is 1.54. The molecule has 0 saturated carbocycles. The molecule has 0 unspecified atom stereocenters. The molecule has 0 N–H and O–H groups in total. The third-order valence-corrected chi connectivity index (χ3v) is 0.286. The first-order chi connectivity index (χ1) is 2.91. The van der Waals surface area contributed by atoms with E-state index in [0.717, 1.165) is 0 Å². The molecule has 0 aromatic rings. The summed E-state index contributed by atoms with van der Waals surface area (Å²) in [5.41, 5.74) is 0. The standard InChI is InChI=1S/C3H6N3/c1-4-3-6-5-2/h1H,3H2,2H3/q+1. The molecule has 0 rings (SSSR count). The fraction of sp³-hybridized carbons (Fsp3) is 0.667. The van der Waals surface area contributed by atoms with Crippen molar-refractivity contribution in [3.63, 3.8) is 0 Å². The van der Waals surface area contributed by atoms with Crippen molar-refractivity contribution in [1.29, 1.82) is 0 Å². The molecule has 0 aromatic carbocycles. The van der Waals surface area contributed by atoms with Crippen molar-refractivity contribution >= 4 is 0 Å². The van der Waals surface area contributed by atoms with Crippen molar-refractivity contribution in [2.75, 3.05) is 13.7 Å². The number of nitrogens with zero attached hydrogens (tertiary/aromatic N) is 3. The van der Waals surface area contributed by atoms with Crippen LogP contribution in [0.1, 0.15) is 0 Å². The highest BCUT2D eigenvalue weighted by atomic mass is 15.1. The molecule has 0 heterocycles. The molecule has 0 aliphatic carbocycles. The molecule has 0 amide bonds. The molecule has 0 aliphatic heterocycles. The van der Waals surface area contributed by atoms with E-state index in [4.69, 9.17) is 0 Å². The van der Waals surface area contributed by atoms with Gasteiger partial charge in [0.1, 0.15) is 0 Å². The van der Waals surface area contributed by atoms with Crippen LogP contribution in [0.25, 0.3) is 4.85 Å². The van der Waals surface area contributed by atoms with Gasteiger partial charge < -0.3 is 0 Å². The van der Waals surface area contributed by atoms with Crippen molar-refractivity contribution < 1.29 is 0 Å². The van der Waals surface area contributed by atoms with E-state index in [-0.39, 0.29) is 6.67 Å². The summed E-state index contributed by atoms with van der Waals surface area (Å²) in [6.45, 7) is 4.96. The average molecular weight is 84.1 g/mol. The summed E-state index contributed by atoms with van der Waals surface area (Å²) in [5.74, 6) is 0. The topological polar surface area (TPSA) is 29.1 Å². The van der Waals surface area contributed by atoms with Crippen LogP contribution in [-0.2, 0) is 0 Å². The summed E-state index contributed by atoms with van der Waals surface area (Å²) >= 11 is 0. The Morgan fingerprint density at radius 3 is 2.67 bits per heavy atom. The second-order valence-electron chi connectivity index (χ2n) is 0.665. The zero-order valence-corrected chi connectivity index (χ0v) is 3.63. The van der Waals surface area contributed by atoms with Crippen LogP contribution in [0.2, 0.25) is 0 Å². The Balaban J connectivity index is 2.92. The maximum Gasteiger partial charge on any atom is 0.371 e. The van der Waals surface area contributed by atoms with Gasteiger partial charge in [0, 0.05) is 7.05 Å². The zero-order valence-electron chi connectivity index (χ0n) is 3.63.